The number of hydrogen-bond acceptors (Lipinski definition) is 4. The van der Waals surface area contributed by atoms with Crippen LogP contribution in [-0.4, -0.2) is 35.9 Å². The van der Waals surface area contributed by atoms with Gasteiger partial charge in [0.2, 0.25) is 0 Å². The van der Waals surface area contributed by atoms with E-state index in [0.29, 0.717) is 10.2 Å². The SMILES string of the molecule is Nc1nc([Se])c2[nH]cnc2n1. The average Bonchev–Trinajstić information content (AvgIpc) is 2.34. The monoisotopic (exact) mass is 214 g/mol. The van der Waals surface area contributed by atoms with E-state index >= 15 is 0 Å². The molecule has 0 aromatic carbocycles. The first-order valence-corrected chi connectivity index (χ1v) is 3.76. The van der Waals surface area contributed by atoms with Crippen molar-refractivity contribution in [3.05, 3.63) is 6.33 Å². The van der Waals surface area contributed by atoms with E-state index in [4.69, 9.17) is 5.73 Å². The Morgan fingerprint density at radius 1 is 1.45 bits per heavy atom. The molecule has 0 aliphatic rings. The van der Waals surface area contributed by atoms with E-state index in [1.54, 1.807) is 6.33 Å². The van der Waals surface area contributed by atoms with Gasteiger partial charge >= 0.3 is 69.7 Å². The maximum atomic E-state index is 5.39. The van der Waals surface area contributed by atoms with E-state index in [-0.39, 0.29) is 5.95 Å². The normalized spacial score (nSPS) is 10.5. The summed E-state index contributed by atoms with van der Waals surface area (Å²) in [6.45, 7) is 0. The number of fused-ring (bicyclic) bond motifs is 1. The Hall–Kier alpha value is -1.13. The number of nitrogen functional groups attached to an aromatic ring is 1. The van der Waals surface area contributed by atoms with E-state index in [1.165, 1.54) is 0 Å². The van der Waals surface area contributed by atoms with Gasteiger partial charge in [-0.1, -0.05) is 0 Å². The average molecular weight is 213 g/mol. The van der Waals surface area contributed by atoms with E-state index in [9.17, 15) is 0 Å². The van der Waals surface area contributed by atoms with E-state index in [2.05, 4.69) is 35.9 Å². The molecule has 0 aliphatic carbocycles. The third kappa shape index (κ3) is 0.961. The first-order valence-electron chi connectivity index (χ1n) is 2.91. The van der Waals surface area contributed by atoms with Crippen LogP contribution in [0, 0.1) is 0 Å². The molecular formula is C5H4N5Se. The summed E-state index contributed by atoms with van der Waals surface area (Å²) in [5, 5.41) is 0. The second-order valence-corrected chi connectivity index (χ2v) is 2.80. The summed E-state index contributed by atoms with van der Waals surface area (Å²) in [6.07, 6.45) is 1.56. The Morgan fingerprint density at radius 3 is 3.09 bits per heavy atom. The van der Waals surface area contributed by atoms with Crippen molar-refractivity contribution >= 4 is 37.7 Å². The molecule has 55 valence electrons. The number of H-pyrrole nitrogens is 1. The topological polar surface area (TPSA) is 80.5 Å². The summed E-state index contributed by atoms with van der Waals surface area (Å²) in [5.41, 5.74) is 6.77. The van der Waals surface area contributed by atoms with Gasteiger partial charge in [-0.25, -0.2) is 0 Å². The number of nitrogens with zero attached hydrogens (tertiary/aromatic N) is 3. The molecule has 0 amide bonds. The zero-order chi connectivity index (χ0) is 7.84. The molecule has 11 heavy (non-hydrogen) atoms. The Kier molecular flexibility index (Phi) is 1.30. The molecule has 2 aromatic rings. The van der Waals surface area contributed by atoms with E-state index in [0.717, 1.165) is 5.52 Å². The Bertz CT molecular complexity index is 395. The van der Waals surface area contributed by atoms with Crippen LogP contribution in [0.4, 0.5) is 5.95 Å². The van der Waals surface area contributed by atoms with Crippen LogP contribution in [0.25, 0.3) is 11.2 Å². The molecule has 2 heterocycles. The Morgan fingerprint density at radius 2 is 2.27 bits per heavy atom. The molecule has 2 aromatic heterocycles. The van der Waals surface area contributed by atoms with Crippen LogP contribution < -0.4 is 10.3 Å². The number of rotatable bonds is 0. The van der Waals surface area contributed by atoms with Crippen LogP contribution >= 0.6 is 0 Å². The van der Waals surface area contributed by atoms with Gasteiger partial charge in [0, 0.05) is 0 Å². The van der Waals surface area contributed by atoms with E-state index in [1.807, 2.05) is 0 Å². The summed E-state index contributed by atoms with van der Waals surface area (Å²) in [6, 6.07) is 0. The molecule has 0 fully saturated rings. The number of nitrogens with two attached hydrogens (primary N) is 1. The van der Waals surface area contributed by atoms with Gasteiger partial charge in [-0.15, -0.1) is 0 Å². The van der Waals surface area contributed by atoms with E-state index < -0.39 is 0 Å². The van der Waals surface area contributed by atoms with Gasteiger partial charge in [0.05, 0.1) is 0 Å². The number of hydrogen-bond donors (Lipinski definition) is 2. The molecule has 0 unspecified atom stereocenters. The van der Waals surface area contributed by atoms with Gasteiger partial charge in [-0.2, -0.15) is 0 Å². The first-order chi connectivity index (χ1) is 5.27. The number of aromatic amines is 1. The predicted molar refractivity (Wildman–Crippen MR) is 41.5 cm³/mol. The molecule has 1 radical (unpaired) electrons. The second-order valence-electron chi connectivity index (χ2n) is 1.99. The standard InChI is InChI=1S/C5H4N5Se/c6-5-9-3-2(4(11)10-5)7-1-8-3/h1H,(H3,6,7,8,9,10). The minimum absolute atomic E-state index is 0.235. The molecule has 0 saturated carbocycles. The quantitative estimate of drug-likeness (QED) is 0.534. The van der Waals surface area contributed by atoms with Crippen LogP contribution in [0.2, 0.25) is 0 Å². The number of aromatic nitrogens is 4. The zero-order valence-corrected chi connectivity index (χ0v) is 7.12. The van der Waals surface area contributed by atoms with Crippen LogP contribution in [0.3, 0.4) is 0 Å². The van der Waals surface area contributed by atoms with Gasteiger partial charge in [-0.05, 0) is 0 Å². The summed E-state index contributed by atoms with van der Waals surface area (Å²) >= 11 is 2.77. The van der Waals surface area contributed by atoms with Crippen molar-refractivity contribution in [1.29, 1.82) is 0 Å². The molecule has 5 nitrogen and oxygen atoms in total. The molecule has 0 bridgehead atoms. The predicted octanol–water partition coefficient (Wildman–Crippen LogP) is -1.27. The molecule has 6 heteroatoms. The van der Waals surface area contributed by atoms with Crippen LogP contribution in [0.15, 0.2) is 6.33 Å². The van der Waals surface area contributed by atoms with Gasteiger partial charge in [0.25, 0.3) is 0 Å². The van der Waals surface area contributed by atoms with Crippen LogP contribution in [0.1, 0.15) is 0 Å². The van der Waals surface area contributed by atoms with Gasteiger partial charge in [-0.3, -0.25) is 0 Å². The summed E-state index contributed by atoms with van der Waals surface area (Å²) in [7, 11) is 0. The molecule has 0 aliphatic heterocycles. The third-order valence-corrected chi connectivity index (χ3v) is 1.89. The second kappa shape index (κ2) is 2.18. The summed E-state index contributed by atoms with van der Waals surface area (Å²) in [4.78, 5) is 14.6. The molecule has 0 atom stereocenters. The van der Waals surface area contributed by atoms with Crippen molar-refractivity contribution < 1.29 is 0 Å². The molecular weight excluding hydrogens is 209 g/mol. The Balaban J connectivity index is 2.91. The summed E-state index contributed by atoms with van der Waals surface area (Å²) in [5.74, 6) is 0.235. The van der Waals surface area contributed by atoms with Gasteiger partial charge in [0.15, 0.2) is 0 Å². The fourth-order valence-corrected chi connectivity index (χ4v) is 1.33. The van der Waals surface area contributed by atoms with Gasteiger partial charge < -0.3 is 0 Å². The maximum absolute atomic E-state index is 5.39. The van der Waals surface area contributed by atoms with Crippen molar-refractivity contribution in [2.24, 2.45) is 0 Å². The number of anilines is 1. The molecule has 2 rings (SSSR count). The molecule has 0 spiro atoms. The van der Waals surface area contributed by atoms with Crippen molar-refractivity contribution in [1.82, 2.24) is 19.9 Å². The van der Waals surface area contributed by atoms with Crippen LogP contribution in [-0.2, 0) is 0 Å². The van der Waals surface area contributed by atoms with Crippen LogP contribution in [0.5, 0.6) is 0 Å². The van der Waals surface area contributed by atoms with Gasteiger partial charge in [0.1, 0.15) is 0 Å². The van der Waals surface area contributed by atoms with Crippen molar-refractivity contribution in [3.8, 4) is 0 Å². The summed E-state index contributed by atoms with van der Waals surface area (Å²) < 4.78 is 0.699. The Labute approximate surface area is 70.3 Å². The third-order valence-electron chi connectivity index (χ3n) is 1.27. The first kappa shape index (κ1) is 6.57. The van der Waals surface area contributed by atoms with Crippen molar-refractivity contribution in [2.75, 3.05) is 5.73 Å². The molecule has 3 N–H and O–H groups in total. The number of nitrogens with one attached hydrogen (secondary N) is 1. The molecule has 0 saturated heterocycles. The number of imidazole rings is 1. The fraction of sp³-hybridized carbons (Fsp3) is 0. The zero-order valence-electron chi connectivity index (χ0n) is 5.40. The van der Waals surface area contributed by atoms with Crippen molar-refractivity contribution in [3.63, 3.8) is 0 Å². The van der Waals surface area contributed by atoms with Crippen molar-refractivity contribution in [2.45, 2.75) is 0 Å². The fourth-order valence-electron chi connectivity index (χ4n) is 0.823. The minimum atomic E-state index is 0.235.